The number of carbonyl (C=O) groups is 3. The van der Waals surface area contributed by atoms with Gasteiger partial charge in [0.05, 0.1) is 0 Å². The lowest BCUT2D eigenvalue weighted by Crippen LogP contribution is -2.31. The van der Waals surface area contributed by atoms with E-state index in [4.69, 9.17) is 0 Å². The molecule has 6 nitrogen and oxygen atoms in total. The Bertz CT molecular complexity index is 798. The molecular formula is C21H25N3O3. The summed E-state index contributed by atoms with van der Waals surface area (Å²) in [5.74, 6) is -0.384. The maximum atomic E-state index is 12.2. The quantitative estimate of drug-likeness (QED) is 0.788. The second-order valence-corrected chi connectivity index (χ2v) is 6.48. The Hall–Kier alpha value is -3.15. The predicted octanol–water partition coefficient (Wildman–Crippen LogP) is 3.33. The highest BCUT2D eigenvalue weighted by Crippen LogP contribution is 2.14. The van der Waals surface area contributed by atoms with Crippen LogP contribution in [0.4, 0.5) is 11.4 Å². The molecule has 0 fully saturated rings. The van der Waals surface area contributed by atoms with Gasteiger partial charge in [-0.3, -0.25) is 14.4 Å². The molecule has 0 aliphatic heterocycles. The molecule has 2 aromatic rings. The second-order valence-electron chi connectivity index (χ2n) is 6.48. The normalized spacial score (nSPS) is 10.2. The number of hydrogen-bond acceptors (Lipinski definition) is 3. The highest BCUT2D eigenvalue weighted by Gasteiger charge is 2.12. The number of amides is 3. The number of nitrogens with zero attached hydrogens (tertiary/aromatic N) is 1. The van der Waals surface area contributed by atoms with Crippen molar-refractivity contribution in [2.75, 3.05) is 17.2 Å². The highest BCUT2D eigenvalue weighted by atomic mass is 16.2. The van der Waals surface area contributed by atoms with Gasteiger partial charge in [0.25, 0.3) is 0 Å². The number of nitrogens with one attached hydrogen (secondary N) is 2. The van der Waals surface area contributed by atoms with E-state index >= 15 is 0 Å². The first kappa shape index (κ1) is 20.2. The summed E-state index contributed by atoms with van der Waals surface area (Å²) in [4.78, 5) is 36.7. The van der Waals surface area contributed by atoms with Crippen LogP contribution in [0.5, 0.6) is 0 Å². The van der Waals surface area contributed by atoms with Crippen LogP contribution in [-0.2, 0) is 20.9 Å². The van der Waals surface area contributed by atoms with Gasteiger partial charge in [-0.05, 0) is 36.8 Å². The summed E-state index contributed by atoms with van der Waals surface area (Å²) in [6, 6.07) is 14.9. The minimum absolute atomic E-state index is 0.0666. The van der Waals surface area contributed by atoms with Crippen molar-refractivity contribution < 1.29 is 14.4 Å². The van der Waals surface area contributed by atoms with E-state index in [1.807, 2.05) is 31.2 Å². The molecule has 0 radical (unpaired) electrons. The minimum atomic E-state index is -0.169. The number of carbonyl (C=O) groups excluding carboxylic acids is 3. The van der Waals surface area contributed by atoms with Gasteiger partial charge in [-0.25, -0.2) is 0 Å². The van der Waals surface area contributed by atoms with E-state index in [2.05, 4.69) is 10.6 Å². The highest BCUT2D eigenvalue weighted by molar-refractivity contribution is 5.92. The Labute approximate surface area is 159 Å². The SMILES string of the molecule is CC(=O)Nc1ccc(NC(=O)CCN(Cc2ccc(C)cc2)C(C)=O)cc1. The molecule has 0 bridgehead atoms. The molecule has 0 heterocycles. The average Bonchev–Trinajstić information content (AvgIpc) is 2.61. The van der Waals surface area contributed by atoms with Crippen molar-refractivity contribution in [1.82, 2.24) is 4.90 Å². The van der Waals surface area contributed by atoms with Gasteiger partial charge in [0.1, 0.15) is 0 Å². The van der Waals surface area contributed by atoms with Crippen molar-refractivity contribution in [2.45, 2.75) is 33.7 Å². The first-order valence-corrected chi connectivity index (χ1v) is 8.82. The molecule has 27 heavy (non-hydrogen) atoms. The van der Waals surface area contributed by atoms with E-state index in [0.717, 1.165) is 11.1 Å². The number of rotatable bonds is 7. The third-order valence-corrected chi connectivity index (χ3v) is 4.04. The van der Waals surface area contributed by atoms with E-state index in [-0.39, 0.29) is 24.1 Å². The Morgan fingerprint density at radius 1 is 0.852 bits per heavy atom. The summed E-state index contributed by atoms with van der Waals surface area (Å²) in [5, 5.41) is 5.47. The van der Waals surface area contributed by atoms with Crippen LogP contribution in [0.15, 0.2) is 48.5 Å². The van der Waals surface area contributed by atoms with Gasteiger partial charge < -0.3 is 15.5 Å². The van der Waals surface area contributed by atoms with Gasteiger partial charge in [0.15, 0.2) is 0 Å². The van der Waals surface area contributed by atoms with Crippen LogP contribution < -0.4 is 10.6 Å². The summed E-state index contributed by atoms with van der Waals surface area (Å²) in [6.45, 7) is 5.78. The van der Waals surface area contributed by atoms with Crippen LogP contribution in [0, 0.1) is 6.92 Å². The van der Waals surface area contributed by atoms with Crippen molar-refractivity contribution >= 4 is 29.1 Å². The Balaban J connectivity index is 1.87. The molecule has 0 saturated heterocycles. The lowest BCUT2D eigenvalue weighted by Gasteiger charge is -2.21. The standard InChI is InChI=1S/C21H25N3O3/c1-15-4-6-18(7-5-15)14-24(17(3)26)13-12-21(27)23-20-10-8-19(9-11-20)22-16(2)25/h4-11H,12-14H2,1-3H3,(H,22,25)(H,23,27). The number of benzene rings is 2. The van der Waals surface area contributed by atoms with Crippen molar-refractivity contribution in [1.29, 1.82) is 0 Å². The van der Waals surface area contributed by atoms with Crippen LogP contribution in [0.1, 0.15) is 31.4 Å². The van der Waals surface area contributed by atoms with Gasteiger partial charge in [-0.2, -0.15) is 0 Å². The van der Waals surface area contributed by atoms with Crippen molar-refractivity contribution in [2.24, 2.45) is 0 Å². The first-order chi connectivity index (χ1) is 12.8. The third-order valence-electron chi connectivity index (χ3n) is 4.04. The molecule has 0 aromatic heterocycles. The van der Waals surface area contributed by atoms with Crippen LogP contribution >= 0.6 is 0 Å². The smallest absolute Gasteiger partial charge is 0.226 e. The zero-order valence-electron chi connectivity index (χ0n) is 15.9. The molecule has 2 rings (SSSR count). The third kappa shape index (κ3) is 6.93. The lowest BCUT2D eigenvalue weighted by molar-refractivity contribution is -0.130. The molecule has 0 unspecified atom stereocenters. The zero-order valence-corrected chi connectivity index (χ0v) is 15.9. The van der Waals surface area contributed by atoms with Gasteiger partial charge in [0.2, 0.25) is 17.7 Å². The number of anilines is 2. The molecule has 2 N–H and O–H groups in total. The van der Waals surface area contributed by atoms with E-state index < -0.39 is 0 Å². The van der Waals surface area contributed by atoms with Crippen LogP contribution in [-0.4, -0.2) is 29.2 Å². The van der Waals surface area contributed by atoms with Crippen molar-refractivity contribution in [3.63, 3.8) is 0 Å². The Kier molecular flexibility index (Phi) is 7.11. The summed E-state index contributed by atoms with van der Waals surface area (Å²) >= 11 is 0. The topological polar surface area (TPSA) is 78.5 Å². The lowest BCUT2D eigenvalue weighted by atomic mass is 10.1. The van der Waals surface area contributed by atoms with Crippen LogP contribution in [0.2, 0.25) is 0 Å². The first-order valence-electron chi connectivity index (χ1n) is 8.82. The monoisotopic (exact) mass is 367 g/mol. The molecule has 0 aliphatic rings. The van der Waals surface area contributed by atoms with E-state index in [1.165, 1.54) is 13.8 Å². The fourth-order valence-corrected chi connectivity index (χ4v) is 2.56. The zero-order chi connectivity index (χ0) is 19.8. The average molecular weight is 367 g/mol. The molecule has 6 heteroatoms. The molecule has 0 aliphatic carbocycles. The summed E-state index contributed by atoms with van der Waals surface area (Å²) in [7, 11) is 0. The second kappa shape index (κ2) is 9.52. The van der Waals surface area contributed by atoms with Gasteiger partial charge in [-0.15, -0.1) is 0 Å². The maximum Gasteiger partial charge on any atom is 0.226 e. The molecule has 0 spiro atoms. The van der Waals surface area contributed by atoms with E-state index in [0.29, 0.717) is 24.5 Å². The van der Waals surface area contributed by atoms with Crippen molar-refractivity contribution in [3.05, 3.63) is 59.7 Å². The maximum absolute atomic E-state index is 12.2. The fourth-order valence-electron chi connectivity index (χ4n) is 2.56. The summed E-state index contributed by atoms with van der Waals surface area (Å²) in [6.07, 6.45) is 0.207. The van der Waals surface area contributed by atoms with E-state index in [9.17, 15) is 14.4 Å². The molecule has 0 atom stereocenters. The largest absolute Gasteiger partial charge is 0.338 e. The molecule has 142 valence electrons. The van der Waals surface area contributed by atoms with Crippen molar-refractivity contribution in [3.8, 4) is 0 Å². The predicted molar refractivity (Wildman–Crippen MR) is 106 cm³/mol. The van der Waals surface area contributed by atoms with Gasteiger partial charge in [0, 0.05) is 44.7 Å². The van der Waals surface area contributed by atoms with E-state index in [1.54, 1.807) is 29.2 Å². The fraction of sp³-hybridized carbons (Fsp3) is 0.286. The summed E-state index contributed by atoms with van der Waals surface area (Å²) < 4.78 is 0. The van der Waals surface area contributed by atoms with Gasteiger partial charge in [-0.1, -0.05) is 29.8 Å². The number of hydrogen-bond donors (Lipinski definition) is 2. The van der Waals surface area contributed by atoms with Gasteiger partial charge >= 0.3 is 0 Å². The molecular weight excluding hydrogens is 342 g/mol. The summed E-state index contributed by atoms with van der Waals surface area (Å²) in [5.41, 5.74) is 3.50. The molecule has 3 amide bonds. The van der Waals surface area contributed by atoms with Crippen LogP contribution in [0.25, 0.3) is 0 Å². The Morgan fingerprint density at radius 3 is 1.93 bits per heavy atom. The molecule has 2 aromatic carbocycles. The minimum Gasteiger partial charge on any atom is -0.338 e. The van der Waals surface area contributed by atoms with Crippen LogP contribution in [0.3, 0.4) is 0 Å². The number of aryl methyl sites for hydroxylation is 1. The molecule has 0 saturated carbocycles. The Morgan fingerprint density at radius 2 is 1.41 bits per heavy atom.